The number of Topliss-reactive ketones (excluding diaryl/α,β-unsaturated/α-hetero) is 1. The fraction of sp³-hybridized carbons (Fsp3) is 0.393. The number of amides is 1. The Morgan fingerprint density at radius 1 is 1.15 bits per heavy atom. The lowest BCUT2D eigenvalue weighted by Crippen LogP contribution is -2.55. The van der Waals surface area contributed by atoms with E-state index in [0.29, 0.717) is 29.7 Å². The van der Waals surface area contributed by atoms with E-state index in [4.69, 9.17) is 15.7 Å². The van der Waals surface area contributed by atoms with Crippen LogP contribution < -0.4 is 16.5 Å². The molecule has 41 heavy (non-hydrogen) atoms. The van der Waals surface area contributed by atoms with Crippen molar-refractivity contribution in [3.05, 3.63) is 47.5 Å². The second-order valence-corrected chi connectivity index (χ2v) is 11.2. The number of hydrogen-bond acceptors (Lipinski definition) is 10. The van der Waals surface area contributed by atoms with Gasteiger partial charge in [0.15, 0.2) is 17.6 Å². The first-order chi connectivity index (χ1) is 19.8. The minimum Gasteiger partial charge on any atom is -0.383 e. The van der Waals surface area contributed by atoms with Gasteiger partial charge < -0.3 is 16.0 Å². The Balaban J connectivity index is 1.26. The molecule has 3 aliphatic rings. The molecule has 0 spiro atoms. The number of aryl methyl sites for hydroxylation is 2. The average molecular weight is 554 g/mol. The molecule has 210 valence electrons. The van der Waals surface area contributed by atoms with Crippen molar-refractivity contribution in [1.82, 2.24) is 45.0 Å². The van der Waals surface area contributed by atoms with Crippen molar-refractivity contribution in [2.75, 3.05) is 5.73 Å². The van der Waals surface area contributed by atoms with Gasteiger partial charge in [-0.2, -0.15) is 19.8 Å². The van der Waals surface area contributed by atoms with Crippen LogP contribution in [-0.2, 0) is 11.8 Å². The maximum atomic E-state index is 13.2. The Bertz CT molecular complexity index is 1720. The minimum atomic E-state index is -0.539. The van der Waals surface area contributed by atoms with Crippen molar-refractivity contribution >= 4 is 29.5 Å². The van der Waals surface area contributed by atoms with Gasteiger partial charge in [-0.15, -0.1) is 0 Å². The van der Waals surface area contributed by atoms with Crippen molar-refractivity contribution in [2.45, 2.75) is 63.7 Å². The van der Waals surface area contributed by atoms with Crippen LogP contribution in [0.2, 0.25) is 0 Å². The summed E-state index contributed by atoms with van der Waals surface area (Å²) in [6.45, 7) is 3.52. The molecule has 2 fully saturated rings. The minimum absolute atomic E-state index is 0.00161. The number of hydrazone groups is 1. The molecule has 4 atom stereocenters. The lowest BCUT2D eigenvalue weighted by Gasteiger charge is -2.40. The first kappa shape index (κ1) is 25.2. The third-order valence-corrected chi connectivity index (χ3v) is 8.54. The van der Waals surface area contributed by atoms with Crippen LogP contribution in [-0.4, -0.2) is 70.5 Å². The monoisotopic (exact) mass is 553 g/mol. The fourth-order valence-corrected chi connectivity index (χ4v) is 6.72. The Morgan fingerprint density at radius 2 is 1.93 bits per heavy atom. The van der Waals surface area contributed by atoms with Gasteiger partial charge >= 0.3 is 0 Å². The van der Waals surface area contributed by atoms with E-state index in [-0.39, 0.29) is 35.5 Å². The SMILES string of the molecule is CC(=O)c1c([C@@H]2C[C@H]3CC[C@@H](C2)N3C(=O)C2NC=NN2)nc2c(-c3cnc(-c4ccn(C)n4)c(C)c3)cnn2c1N. The molecular weight excluding hydrogens is 522 g/mol. The van der Waals surface area contributed by atoms with Gasteiger partial charge in [0.2, 0.25) is 0 Å². The van der Waals surface area contributed by atoms with Gasteiger partial charge in [-0.05, 0) is 57.2 Å². The van der Waals surface area contributed by atoms with Crippen LogP contribution in [0.25, 0.3) is 28.2 Å². The van der Waals surface area contributed by atoms with Gasteiger partial charge in [-0.1, -0.05) is 0 Å². The summed E-state index contributed by atoms with van der Waals surface area (Å²) in [7, 11) is 1.88. The zero-order valence-electron chi connectivity index (χ0n) is 23.1. The van der Waals surface area contributed by atoms with E-state index in [9.17, 15) is 9.59 Å². The van der Waals surface area contributed by atoms with Gasteiger partial charge in [0.05, 0.1) is 23.1 Å². The highest BCUT2D eigenvalue weighted by molar-refractivity contribution is 6.00. The molecule has 7 heterocycles. The molecule has 7 rings (SSSR count). The number of hydrogen-bond donors (Lipinski definition) is 3. The molecule has 4 aromatic heterocycles. The summed E-state index contributed by atoms with van der Waals surface area (Å²) in [5, 5.41) is 15.9. The Hall–Kier alpha value is -4.81. The number of anilines is 1. The van der Waals surface area contributed by atoms with E-state index in [1.807, 2.05) is 37.2 Å². The zero-order chi connectivity index (χ0) is 28.4. The lowest BCUT2D eigenvalue weighted by atomic mass is 9.85. The van der Waals surface area contributed by atoms with Crippen LogP contribution in [0.4, 0.5) is 5.82 Å². The normalized spacial score (nSPS) is 23.1. The molecular formula is C28H31N11O2. The number of ketones is 1. The molecule has 0 radical (unpaired) electrons. The first-order valence-corrected chi connectivity index (χ1v) is 13.8. The summed E-state index contributed by atoms with van der Waals surface area (Å²) in [6.07, 6.45) is 9.62. The summed E-state index contributed by atoms with van der Waals surface area (Å²) in [4.78, 5) is 37.9. The highest BCUT2D eigenvalue weighted by atomic mass is 16.2. The highest BCUT2D eigenvalue weighted by Gasteiger charge is 2.46. The zero-order valence-corrected chi connectivity index (χ0v) is 23.1. The smallest absolute Gasteiger partial charge is 0.267 e. The standard InChI is InChI=1S/C28H31N11O2/c1-14-8-17(11-30-23(14)21-6-7-37(3)36-21)20-12-33-39-25(29)22(15(2)40)24(34-27(20)39)16-9-18-4-5-19(10-16)38(18)28(41)26-31-13-32-35-26/h6-8,11-13,16,18-19,26,35H,4-5,9-10,29H2,1-3H3,(H,31,32)/t16-,18-,19+,26?. The maximum absolute atomic E-state index is 13.2. The quantitative estimate of drug-likeness (QED) is 0.314. The Labute approximate surface area is 235 Å². The van der Waals surface area contributed by atoms with E-state index < -0.39 is 6.17 Å². The summed E-state index contributed by atoms with van der Waals surface area (Å²) in [5.41, 5.74) is 15.3. The first-order valence-electron chi connectivity index (χ1n) is 13.8. The van der Waals surface area contributed by atoms with Crippen LogP contribution in [0.5, 0.6) is 0 Å². The molecule has 1 unspecified atom stereocenters. The predicted molar refractivity (Wildman–Crippen MR) is 152 cm³/mol. The maximum Gasteiger partial charge on any atom is 0.267 e. The van der Waals surface area contributed by atoms with Gasteiger partial charge in [0.1, 0.15) is 17.9 Å². The molecule has 2 saturated heterocycles. The van der Waals surface area contributed by atoms with Crippen LogP contribution in [0, 0.1) is 6.92 Å². The second-order valence-electron chi connectivity index (χ2n) is 11.2. The fourth-order valence-electron chi connectivity index (χ4n) is 6.72. The number of carbonyl (C=O) groups excluding carboxylic acids is 2. The lowest BCUT2D eigenvalue weighted by molar-refractivity contribution is -0.138. The molecule has 13 heteroatoms. The van der Waals surface area contributed by atoms with Crippen LogP contribution in [0.3, 0.4) is 0 Å². The average Bonchev–Trinajstić information content (AvgIpc) is 3.75. The molecule has 1 amide bonds. The number of rotatable bonds is 5. The summed E-state index contributed by atoms with van der Waals surface area (Å²) in [6, 6.07) is 4.10. The molecule has 13 nitrogen and oxygen atoms in total. The molecule has 0 saturated carbocycles. The number of aromatic nitrogens is 6. The van der Waals surface area contributed by atoms with Crippen LogP contribution in [0.15, 0.2) is 35.8 Å². The number of piperidine rings is 1. The molecule has 4 aromatic rings. The predicted octanol–water partition coefficient (Wildman–Crippen LogP) is 1.98. The summed E-state index contributed by atoms with van der Waals surface area (Å²) in [5.74, 6) is 0.111. The number of nitrogens with two attached hydrogens (primary N) is 1. The van der Waals surface area contributed by atoms with E-state index >= 15 is 0 Å². The third kappa shape index (κ3) is 4.02. The number of nitrogens with one attached hydrogen (secondary N) is 2. The number of fused-ring (bicyclic) bond motifs is 3. The largest absolute Gasteiger partial charge is 0.383 e. The topological polar surface area (TPSA) is 161 Å². The summed E-state index contributed by atoms with van der Waals surface area (Å²) < 4.78 is 3.29. The number of nitrogens with zero attached hydrogens (tertiary/aromatic N) is 8. The Morgan fingerprint density at radius 3 is 2.56 bits per heavy atom. The molecule has 3 aliphatic heterocycles. The van der Waals surface area contributed by atoms with Crippen molar-refractivity contribution in [3.63, 3.8) is 0 Å². The highest BCUT2D eigenvalue weighted by Crippen LogP contribution is 2.45. The van der Waals surface area contributed by atoms with Crippen molar-refractivity contribution < 1.29 is 9.59 Å². The van der Waals surface area contributed by atoms with Gasteiger partial charge in [0, 0.05) is 48.6 Å². The van der Waals surface area contributed by atoms with E-state index in [2.05, 4.69) is 26.0 Å². The van der Waals surface area contributed by atoms with Crippen molar-refractivity contribution in [2.24, 2.45) is 12.1 Å². The van der Waals surface area contributed by atoms with Crippen LogP contribution >= 0.6 is 0 Å². The van der Waals surface area contributed by atoms with Gasteiger partial charge in [-0.25, -0.2) is 4.98 Å². The van der Waals surface area contributed by atoms with Crippen LogP contribution in [0.1, 0.15) is 60.1 Å². The Kier molecular flexibility index (Phi) is 5.77. The number of carbonyl (C=O) groups is 2. The number of nitrogen functional groups attached to an aromatic ring is 1. The van der Waals surface area contributed by atoms with Crippen molar-refractivity contribution in [3.8, 4) is 22.5 Å². The van der Waals surface area contributed by atoms with E-state index in [1.54, 1.807) is 21.6 Å². The van der Waals surface area contributed by atoms with Crippen molar-refractivity contribution in [1.29, 1.82) is 0 Å². The number of pyridine rings is 1. The molecule has 0 aromatic carbocycles. The molecule has 4 N–H and O–H groups in total. The van der Waals surface area contributed by atoms with E-state index in [1.165, 1.54) is 13.3 Å². The molecule has 2 bridgehead atoms. The third-order valence-electron chi connectivity index (χ3n) is 8.54. The molecule has 0 aliphatic carbocycles. The summed E-state index contributed by atoms with van der Waals surface area (Å²) >= 11 is 0. The second kappa shape index (κ2) is 9.39. The van der Waals surface area contributed by atoms with Gasteiger partial charge in [0.25, 0.3) is 5.91 Å². The van der Waals surface area contributed by atoms with E-state index in [0.717, 1.165) is 40.9 Å². The van der Waals surface area contributed by atoms with Gasteiger partial charge in [-0.3, -0.25) is 24.7 Å².